The van der Waals surface area contributed by atoms with Crippen LogP contribution in [0, 0.1) is 0 Å². The molecule has 0 aromatic rings. The molecule has 0 aromatic heterocycles. The lowest BCUT2D eigenvalue weighted by Crippen LogP contribution is -2.68. The Kier molecular flexibility index (Phi) is 18.7. The van der Waals surface area contributed by atoms with Gasteiger partial charge in [-0.15, -0.1) is 0 Å². The van der Waals surface area contributed by atoms with Crippen LogP contribution < -0.4 is 10.6 Å². The number of carbonyl (C=O) groups is 1. The van der Waals surface area contributed by atoms with Crippen molar-refractivity contribution in [3.05, 3.63) is 0 Å². The van der Waals surface area contributed by atoms with Gasteiger partial charge < -0.3 is 95.8 Å². The molecule has 0 spiro atoms. The van der Waals surface area contributed by atoms with Gasteiger partial charge in [-0.1, -0.05) is 0 Å². The van der Waals surface area contributed by atoms with E-state index in [1.165, 1.54) is 0 Å². The summed E-state index contributed by atoms with van der Waals surface area (Å²) in [6.07, 6.45) is -24.6. The number of nitrogens with one attached hydrogen (secondary N) is 2. The van der Waals surface area contributed by atoms with E-state index in [9.17, 15) is 70.4 Å². The number of hydrogen-bond donors (Lipinski definition) is 15. The van der Waals surface area contributed by atoms with E-state index in [-0.39, 0.29) is 6.54 Å². The van der Waals surface area contributed by atoms with Crippen molar-refractivity contribution in [3.8, 4) is 0 Å². The van der Waals surface area contributed by atoms with Crippen LogP contribution in [-0.2, 0) is 37.4 Å². The number of amides is 1. The molecule has 2 unspecified atom stereocenters. The average Bonchev–Trinajstić information content (AvgIpc) is 3.07. The number of phosphoric ester groups is 1. The van der Waals surface area contributed by atoms with Crippen molar-refractivity contribution in [2.75, 3.05) is 52.7 Å². The first kappa shape index (κ1) is 44.1. The molecule has 2 rings (SSSR count). The standard InChI is InChI=1S/C25H49N2O21P/c1-10(32)27-16-19(38)23(48-25-21(40)20(39)18(37)14(7-30)45-25)15(8-31)46-24(16)47-22(17(36)13(35)6-29)12(34)4-26-2-3-43-49(41,42)44-9-11(33)5-28/h11-26,28-31,33-40H,2-9H2,1H3,(H,27,32)(H,41,42)/t11?,12-,13+,14+,15+,16+,17-,18-,19+,20-,21+,22+,23+,24-,25-/m0/s1. The minimum atomic E-state index is -4.63. The molecule has 2 heterocycles. The molecule has 0 aliphatic carbocycles. The quantitative estimate of drug-likeness (QED) is 0.0383. The van der Waals surface area contributed by atoms with Crippen LogP contribution in [0.25, 0.3) is 0 Å². The first-order valence-corrected chi connectivity index (χ1v) is 16.6. The zero-order valence-electron chi connectivity index (χ0n) is 26.3. The number of aliphatic hydroxyl groups excluding tert-OH is 12. The Hall–Kier alpha value is -1.10. The van der Waals surface area contributed by atoms with Gasteiger partial charge in [0.2, 0.25) is 5.91 Å². The van der Waals surface area contributed by atoms with E-state index in [1.54, 1.807) is 0 Å². The molecule has 2 aliphatic heterocycles. The molecule has 16 atom stereocenters. The fourth-order valence-corrected chi connectivity index (χ4v) is 5.58. The van der Waals surface area contributed by atoms with Gasteiger partial charge in [0, 0.05) is 20.0 Å². The summed E-state index contributed by atoms with van der Waals surface area (Å²) in [4.78, 5) is 21.7. The summed E-state index contributed by atoms with van der Waals surface area (Å²) in [5, 5.41) is 125. The fourth-order valence-electron chi connectivity index (χ4n) is 4.82. The van der Waals surface area contributed by atoms with Crippen molar-refractivity contribution in [2.24, 2.45) is 0 Å². The second-order valence-electron chi connectivity index (χ2n) is 11.3. The van der Waals surface area contributed by atoms with E-state index in [1.807, 2.05) is 0 Å². The summed E-state index contributed by atoms with van der Waals surface area (Å²) in [7, 11) is -4.63. The second-order valence-corrected chi connectivity index (χ2v) is 12.7. The molecular weight excluding hydrogens is 695 g/mol. The highest BCUT2D eigenvalue weighted by molar-refractivity contribution is 7.47. The maximum Gasteiger partial charge on any atom is 0.472 e. The Morgan fingerprint density at radius 2 is 1.47 bits per heavy atom. The monoisotopic (exact) mass is 744 g/mol. The molecule has 49 heavy (non-hydrogen) atoms. The van der Waals surface area contributed by atoms with Crippen molar-refractivity contribution < 1.29 is 104 Å². The topological polar surface area (TPSA) is 377 Å². The number of aliphatic hydroxyl groups is 12. The summed E-state index contributed by atoms with van der Waals surface area (Å²) in [6, 6.07) is -1.62. The molecule has 23 nitrogen and oxygen atoms in total. The second kappa shape index (κ2) is 20.8. The Balaban J connectivity index is 2.18. The van der Waals surface area contributed by atoms with Crippen molar-refractivity contribution in [1.29, 1.82) is 0 Å². The van der Waals surface area contributed by atoms with Crippen LogP contribution in [-0.4, -0.2) is 217 Å². The van der Waals surface area contributed by atoms with Crippen LogP contribution in [0.5, 0.6) is 0 Å². The zero-order valence-corrected chi connectivity index (χ0v) is 27.2. The normalized spacial score (nSPS) is 35.1. The Labute approximate surface area is 279 Å². The van der Waals surface area contributed by atoms with Gasteiger partial charge >= 0.3 is 7.82 Å². The first-order valence-electron chi connectivity index (χ1n) is 15.1. The minimum Gasteiger partial charge on any atom is -0.394 e. The van der Waals surface area contributed by atoms with Gasteiger partial charge in [-0.2, -0.15) is 0 Å². The maximum atomic E-state index is 12.1. The third kappa shape index (κ3) is 12.8. The molecule has 15 N–H and O–H groups in total. The molecule has 2 fully saturated rings. The average molecular weight is 745 g/mol. The lowest BCUT2D eigenvalue weighted by atomic mass is 9.95. The molecule has 2 saturated heterocycles. The third-order valence-corrected chi connectivity index (χ3v) is 8.46. The highest BCUT2D eigenvalue weighted by Gasteiger charge is 2.52. The summed E-state index contributed by atoms with van der Waals surface area (Å²) < 4.78 is 43.3. The van der Waals surface area contributed by atoms with Gasteiger partial charge in [0.25, 0.3) is 0 Å². The van der Waals surface area contributed by atoms with E-state index < -0.39 is 152 Å². The Bertz CT molecular complexity index is 1020. The predicted octanol–water partition coefficient (Wildman–Crippen LogP) is -8.71. The highest BCUT2D eigenvalue weighted by Crippen LogP contribution is 2.42. The smallest absolute Gasteiger partial charge is 0.394 e. The molecule has 0 bridgehead atoms. The van der Waals surface area contributed by atoms with Gasteiger partial charge in [-0.3, -0.25) is 13.8 Å². The maximum absolute atomic E-state index is 12.1. The molecule has 0 aromatic carbocycles. The molecule has 2 aliphatic rings. The van der Waals surface area contributed by atoms with Crippen LogP contribution >= 0.6 is 7.82 Å². The number of hydrogen-bond acceptors (Lipinski definition) is 21. The lowest BCUT2D eigenvalue weighted by molar-refractivity contribution is -0.354. The Morgan fingerprint density at radius 1 is 0.837 bits per heavy atom. The van der Waals surface area contributed by atoms with E-state index in [0.717, 1.165) is 6.92 Å². The number of carbonyl (C=O) groups excluding carboxylic acids is 1. The summed E-state index contributed by atoms with van der Waals surface area (Å²) >= 11 is 0. The molecule has 290 valence electrons. The van der Waals surface area contributed by atoms with E-state index >= 15 is 0 Å². The van der Waals surface area contributed by atoms with Gasteiger partial charge in [-0.05, 0) is 0 Å². The first-order chi connectivity index (χ1) is 23.0. The van der Waals surface area contributed by atoms with Crippen LogP contribution in [0.1, 0.15) is 6.92 Å². The molecule has 0 saturated carbocycles. The SMILES string of the molecule is CC(=O)N[C@H]1[C@H](O[C@@H]([C@@H](O)[C@H](O)CO)[C@@H](O)CNCCOP(=O)(O)OCC(O)CO)O[C@H](CO)[C@@H](O[C@@H]2O[C@H](CO)[C@H](O)[C@H](O)[C@H]2O)[C@@H]1O. The number of rotatable bonds is 21. The van der Waals surface area contributed by atoms with Gasteiger partial charge in [0.05, 0.1) is 45.7 Å². The van der Waals surface area contributed by atoms with Crippen molar-refractivity contribution >= 4 is 13.7 Å². The summed E-state index contributed by atoms with van der Waals surface area (Å²) in [5.74, 6) is -0.763. The number of ether oxygens (including phenoxy) is 4. The van der Waals surface area contributed by atoms with Gasteiger partial charge in [0.1, 0.15) is 73.2 Å². The van der Waals surface area contributed by atoms with Gasteiger partial charge in [-0.25, -0.2) is 4.57 Å². The minimum absolute atomic E-state index is 0.227. The predicted molar refractivity (Wildman–Crippen MR) is 156 cm³/mol. The molecule has 0 radical (unpaired) electrons. The van der Waals surface area contributed by atoms with Crippen molar-refractivity contribution in [2.45, 2.75) is 98.8 Å². The summed E-state index contributed by atoms with van der Waals surface area (Å²) in [5.41, 5.74) is 0. The summed E-state index contributed by atoms with van der Waals surface area (Å²) in [6.45, 7) is -4.30. The van der Waals surface area contributed by atoms with E-state index in [2.05, 4.69) is 19.7 Å². The van der Waals surface area contributed by atoms with Crippen LogP contribution in [0.3, 0.4) is 0 Å². The van der Waals surface area contributed by atoms with Crippen LogP contribution in [0.2, 0.25) is 0 Å². The third-order valence-electron chi connectivity index (χ3n) is 7.48. The van der Waals surface area contributed by atoms with Crippen LogP contribution in [0.4, 0.5) is 0 Å². The van der Waals surface area contributed by atoms with Crippen LogP contribution in [0.15, 0.2) is 0 Å². The number of phosphoric acid groups is 1. The highest BCUT2D eigenvalue weighted by atomic mass is 31.2. The van der Waals surface area contributed by atoms with Crippen molar-refractivity contribution in [3.63, 3.8) is 0 Å². The molecule has 1 amide bonds. The fraction of sp³-hybridized carbons (Fsp3) is 0.960. The van der Waals surface area contributed by atoms with Gasteiger partial charge in [0.15, 0.2) is 12.6 Å². The van der Waals surface area contributed by atoms with E-state index in [0.29, 0.717) is 0 Å². The largest absolute Gasteiger partial charge is 0.472 e. The Morgan fingerprint density at radius 3 is 2.04 bits per heavy atom. The zero-order chi connectivity index (χ0) is 37.1. The molecule has 24 heteroatoms. The van der Waals surface area contributed by atoms with E-state index in [4.69, 9.17) is 24.1 Å². The van der Waals surface area contributed by atoms with Crippen molar-refractivity contribution in [1.82, 2.24) is 10.6 Å². The molecular formula is C25H49N2O21P. The lowest BCUT2D eigenvalue weighted by Gasteiger charge is -2.48.